The van der Waals surface area contributed by atoms with Crippen LogP contribution in [-0.4, -0.2) is 38.6 Å². The van der Waals surface area contributed by atoms with Gasteiger partial charge in [0.05, 0.1) is 5.75 Å². The zero-order chi connectivity index (χ0) is 18.4. The van der Waals surface area contributed by atoms with Crippen molar-refractivity contribution < 1.29 is 9.59 Å². The molecular formula is C19H20N4O2S. The second-order valence-corrected chi connectivity index (χ2v) is 6.85. The number of thioether (sulfide) groups is 1. The van der Waals surface area contributed by atoms with Crippen LogP contribution in [0.5, 0.6) is 0 Å². The number of carbonyl (C=O) groups is 2. The molecule has 1 amide bonds. The van der Waals surface area contributed by atoms with Crippen LogP contribution in [0.25, 0.3) is 5.65 Å². The average Bonchev–Trinajstić information content (AvgIpc) is 3.07. The van der Waals surface area contributed by atoms with Gasteiger partial charge in [-0.25, -0.2) is 0 Å². The van der Waals surface area contributed by atoms with Crippen LogP contribution in [0.3, 0.4) is 0 Å². The highest BCUT2D eigenvalue weighted by Gasteiger charge is 2.10. The van der Waals surface area contributed by atoms with E-state index in [9.17, 15) is 9.59 Å². The molecule has 0 saturated carbocycles. The first-order chi connectivity index (χ1) is 12.6. The van der Waals surface area contributed by atoms with Crippen molar-refractivity contribution in [1.29, 1.82) is 0 Å². The number of hydrogen-bond donors (Lipinski definition) is 1. The van der Waals surface area contributed by atoms with Gasteiger partial charge in [0.25, 0.3) is 0 Å². The van der Waals surface area contributed by atoms with Gasteiger partial charge >= 0.3 is 0 Å². The molecule has 0 bridgehead atoms. The molecule has 1 N–H and O–H groups in total. The Labute approximate surface area is 156 Å². The second-order valence-electron chi connectivity index (χ2n) is 5.91. The van der Waals surface area contributed by atoms with E-state index in [1.165, 1.54) is 18.7 Å². The molecule has 7 heteroatoms. The minimum absolute atomic E-state index is 0.0103. The van der Waals surface area contributed by atoms with Crippen molar-refractivity contribution >= 4 is 29.1 Å². The maximum absolute atomic E-state index is 12.4. The minimum atomic E-state index is -0.0103. The van der Waals surface area contributed by atoms with Gasteiger partial charge in [-0.1, -0.05) is 42.1 Å². The number of nitrogens with one attached hydrogen (secondary N) is 1. The SMILES string of the molecule is CC(=O)NCCCc1ccc(C(=O)CSc2nnc3ccccn23)cc1. The van der Waals surface area contributed by atoms with Crippen molar-refractivity contribution in [2.24, 2.45) is 0 Å². The smallest absolute Gasteiger partial charge is 0.216 e. The Kier molecular flexibility index (Phi) is 6.01. The predicted octanol–water partition coefficient (Wildman–Crippen LogP) is 2.77. The molecule has 0 unspecified atom stereocenters. The number of nitrogens with zero attached hydrogens (tertiary/aromatic N) is 3. The number of amides is 1. The van der Waals surface area contributed by atoms with Gasteiger partial charge < -0.3 is 5.32 Å². The Morgan fingerprint density at radius 1 is 1.12 bits per heavy atom. The van der Waals surface area contributed by atoms with E-state index in [0.717, 1.165) is 24.1 Å². The largest absolute Gasteiger partial charge is 0.356 e. The third kappa shape index (κ3) is 4.70. The maximum atomic E-state index is 12.4. The molecule has 2 aromatic heterocycles. The van der Waals surface area contributed by atoms with Gasteiger partial charge in [-0.15, -0.1) is 10.2 Å². The lowest BCUT2D eigenvalue weighted by Gasteiger charge is -2.05. The molecule has 0 saturated heterocycles. The number of pyridine rings is 1. The molecule has 134 valence electrons. The van der Waals surface area contributed by atoms with Gasteiger partial charge in [-0.3, -0.25) is 14.0 Å². The molecule has 3 rings (SSSR count). The number of fused-ring (bicyclic) bond motifs is 1. The number of rotatable bonds is 8. The topological polar surface area (TPSA) is 76.4 Å². The first-order valence-electron chi connectivity index (χ1n) is 8.42. The third-order valence-electron chi connectivity index (χ3n) is 3.91. The second kappa shape index (κ2) is 8.62. The Hall–Kier alpha value is -2.67. The van der Waals surface area contributed by atoms with E-state index in [1.54, 1.807) is 0 Å². The average molecular weight is 368 g/mol. The molecular weight excluding hydrogens is 348 g/mol. The van der Waals surface area contributed by atoms with Crippen LogP contribution in [0.1, 0.15) is 29.3 Å². The Balaban J connectivity index is 1.52. The van der Waals surface area contributed by atoms with Crippen LogP contribution in [-0.2, 0) is 11.2 Å². The molecule has 3 aromatic rings. The van der Waals surface area contributed by atoms with Crippen molar-refractivity contribution in [3.63, 3.8) is 0 Å². The monoisotopic (exact) mass is 368 g/mol. The number of hydrogen-bond acceptors (Lipinski definition) is 5. The van der Waals surface area contributed by atoms with Crippen LogP contribution in [0, 0.1) is 0 Å². The number of aryl methyl sites for hydroxylation is 1. The summed E-state index contributed by atoms with van der Waals surface area (Å²) in [6.45, 7) is 2.18. The van der Waals surface area contributed by atoms with Crippen LogP contribution < -0.4 is 5.32 Å². The van der Waals surface area contributed by atoms with Crippen molar-refractivity contribution in [2.45, 2.75) is 24.9 Å². The summed E-state index contributed by atoms with van der Waals surface area (Å²) >= 11 is 1.38. The fourth-order valence-corrected chi connectivity index (χ4v) is 3.36. The summed E-state index contributed by atoms with van der Waals surface area (Å²) in [4.78, 5) is 23.2. The number of Topliss-reactive ketones (excluding diaryl/α,β-unsaturated/α-hetero) is 1. The molecule has 2 heterocycles. The van der Waals surface area contributed by atoms with E-state index >= 15 is 0 Å². The van der Waals surface area contributed by atoms with Gasteiger partial charge in [0, 0.05) is 25.2 Å². The molecule has 0 aliphatic rings. The van der Waals surface area contributed by atoms with Crippen LogP contribution >= 0.6 is 11.8 Å². The molecule has 0 aliphatic heterocycles. The van der Waals surface area contributed by atoms with Crippen molar-refractivity contribution in [1.82, 2.24) is 19.9 Å². The fourth-order valence-electron chi connectivity index (χ4n) is 2.55. The predicted molar refractivity (Wildman–Crippen MR) is 101 cm³/mol. The summed E-state index contributed by atoms with van der Waals surface area (Å²) in [6.07, 6.45) is 3.63. The Morgan fingerprint density at radius 2 is 1.92 bits per heavy atom. The van der Waals surface area contributed by atoms with Crippen molar-refractivity contribution in [2.75, 3.05) is 12.3 Å². The minimum Gasteiger partial charge on any atom is -0.356 e. The lowest BCUT2D eigenvalue weighted by Crippen LogP contribution is -2.21. The zero-order valence-corrected chi connectivity index (χ0v) is 15.3. The molecule has 0 atom stereocenters. The zero-order valence-electron chi connectivity index (χ0n) is 14.5. The number of carbonyl (C=O) groups excluding carboxylic acids is 2. The van der Waals surface area contributed by atoms with Crippen molar-refractivity contribution in [3.8, 4) is 0 Å². The summed E-state index contributed by atoms with van der Waals surface area (Å²) in [5.41, 5.74) is 2.62. The molecule has 1 aromatic carbocycles. The summed E-state index contributed by atoms with van der Waals surface area (Å²) in [6, 6.07) is 13.4. The van der Waals surface area contributed by atoms with Gasteiger partial charge in [-0.2, -0.15) is 0 Å². The number of ketones is 1. The van der Waals surface area contributed by atoms with E-state index in [-0.39, 0.29) is 11.7 Å². The maximum Gasteiger partial charge on any atom is 0.216 e. The van der Waals surface area contributed by atoms with E-state index in [0.29, 0.717) is 23.0 Å². The van der Waals surface area contributed by atoms with E-state index in [2.05, 4.69) is 15.5 Å². The first-order valence-corrected chi connectivity index (χ1v) is 9.41. The van der Waals surface area contributed by atoms with Crippen LogP contribution in [0.4, 0.5) is 0 Å². The number of benzene rings is 1. The third-order valence-corrected chi connectivity index (χ3v) is 4.85. The van der Waals surface area contributed by atoms with E-state index in [4.69, 9.17) is 0 Å². The fraction of sp³-hybridized carbons (Fsp3) is 0.263. The van der Waals surface area contributed by atoms with Gasteiger partial charge in [-0.05, 0) is 30.5 Å². The highest BCUT2D eigenvalue weighted by molar-refractivity contribution is 7.99. The molecule has 26 heavy (non-hydrogen) atoms. The lowest BCUT2D eigenvalue weighted by molar-refractivity contribution is -0.118. The van der Waals surface area contributed by atoms with E-state index in [1.807, 2.05) is 53.1 Å². The first kappa shape index (κ1) is 18.1. The summed E-state index contributed by atoms with van der Waals surface area (Å²) in [5.74, 6) is 0.369. The standard InChI is InChI=1S/C19H20N4O2S/c1-14(24)20-11-4-5-15-7-9-16(10-8-15)17(25)13-26-19-22-21-18-6-2-3-12-23(18)19/h2-3,6-10,12H,4-5,11,13H2,1H3,(H,20,24). The highest BCUT2D eigenvalue weighted by Crippen LogP contribution is 2.18. The molecule has 0 aliphatic carbocycles. The lowest BCUT2D eigenvalue weighted by atomic mass is 10.1. The van der Waals surface area contributed by atoms with Gasteiger partial charge in [0.15, 0.2) is 16.6 Å². The Morgan fingerprint density at radius 3 is 2.69 bits per heavy atom. The number of aromatic nitrogens is 3. The molecule has 0 radical (unpaired) electrons. The van der Waals surface area contributed by atoms with Gasteiger partial charge in [0.1, 0.15) is 0 Å². The molecule has 0 fully saturated rings. The van der Waals surface area contributed by atoms with Crippen LogP contribution in [0.2, 0.25) is 0 Å². The molecule has 0 spiro atoms. The normalized spacial score (nSPS) is 10.8. The van der Waals surface area contributed by atoms with E-state index < -0.39 is 0 Å². The summed E-state index contributed by atoms with van der Waals surface area (Å²) < 4.78 is 1.87. The van der Waals surface area contributed by atoms with Crippen molar-refractivity contribution in [3.05, 3.63) is 59.8 Å². The summed E-state index contributed by atoms with van der Waals surface area (Å²) in [7, 11) is 0. The molecule has 6 nitrogen and oxygen atoms in total. The highest BCUT2D eigenvalue weighted by atomic mass is 32.2. The Bertz CT molecular complexity index is 905. The van der Waals surface area contributed by atoms with Crippen LogP contribution in [0.15, 0.2) is 53.8 Å². The quantitative estimate of drug-likeness (QED) is 0.376. The summed E-state index contributed by atoms with van der Waals surface area (Å²) in [5, 5.41) is 11.7. The van der Waals surface area contributed by atoms with Gasteiger partial charge in [0.2, 0.25) is 5.91 Å².